The van der Waals surface area contributed by atoms with E-state index in [2.05, 4.69) is 30.7 Å². The van der Waals surface area contributed by atoms with Gasteiger partial charge in [0.25, 0.3) is 5.91 Å². The van der Waals surface area contributed by atoms with E-state index in [1.807, 2.05) is 0 Å². The van der Waals surface area contributed by atoms with Gasteiger partial charge in [0.05, 0.1) is 12.3 Å². The fourth-order valence-corrected chi connectivity index (χ4v) is 4.58. The molecule has 3 N–H and O–H groups in total. The quantitative estimate of drug-likeness (QED) is 0.496. The lowest BCUT2D eigenvalue weighted by atomic mass is 9.50. The standard InChI is InChI=1S/C20H22F4N6O5/c1-30-12(3-14(29-30)34-8-20(22,23)24)17(31)25-13-2-11(27-28-13)16-15(10(21)7-33-16)35-18(32)26-19-4-9(5-19)6-19/h2-3,9-10,15-16H,4-8H2,1H3,(H,26,32)(H2,25,27,28,31). The van der Waals surface area contributed by atoms with Crippen LogP contribution in [0.2, 0.25) is 0 Å². The van der Waals surface area contributed by atoms with E-state index >= 15 is 0 Å². The zero-order valence-corrected chi connectivity index (χ0v) is 18.4. The van der Waals surface area contributed by atoms with Gasteiger partial charge in [-0.2, -0.15) is 18.3 Å². The number of aromatic amines is 1. The Morgan fingerprint density at radius 3 is 2.71 bits per heavy atom. The summed E-state index contributed by atoms with van der Waals surface area (Å²) in [6, 6.07) is 2.43. The highest BCUT2D eigenvalue weighted by Gasteiger charge is 2.58. The number of amides is 2. The predicted molar refractivity (Wildman–Crippen MR) is 108 cm³/mol. The molecule has 11 nitrogen and oxygen atoms in total. The van der Waals surface area contributed by atoms with Crippen LogP contribution in [0.15, 0.2) is 12.1 Å². The minimum atomic E-state index is -4.55. The first kappa shape index (κ1) is 23.4. The average Bonchev–Trinajstić information content (AvgIpc) is 3.41. The molecule has 6 rings (SSSR count). The van der Waals surface area contributed by atoms with Gasteiger partial charge in [-0.1, -0.05) is 0 Å². The molecule has 2 aromatic rings. The van der Waals surface area contributed by atoms with Gasteiger partial charge in [-0.25, -0.2) is 9.18 Å². The van der Waals surface area contributed by atoms with Crippen molar-refractivity contribution >= 4 is 17.8 Å². The van der Waals surface area contributed by atoms with Crippen molar-refractivity contribution in [2.45, 2.75) is 49.4 Å². The number of nitrogens with zero attached hydrogens (tertiary/aromatic N) is 3. The number of carbonyl (C=O) groups is 2. The smallest absolute Gasteiger partial charge is 0.422 e. The predicted octanol–water partition coefficient (Wildman–Crippen LogP) is 2.39. The number of halogens is 4. The Bertz CT molecular complexity index is 1120. The average molecular weight is 502 g/mol. The van der Waals surface area contributed by atoms with E-state index in [0.717, 1.165) is 30.0 Å². The van der Waals surface area contributed by atoms with Gasteiger partial charge in [-0.3, -0.25) is 14.6 Å². The molecule has 4 fully saturated rings. The van der Waals surface area contributed by atoms with Crippen LogP contribution in [-0.2, 0) is 16.5 Å². The third kappa shape index (κ3) is 4.76. The first-order chi connectivity index (χ1) is 16.5. The molecular formula is C20H22F4N6O5. The molecule has 4 aliphatic rings. The number of H-pyrrole nitrogens is 1. The zero-order chi connectivity index (χ0) is 25.0. The number of alkyl carbamates (subject to hydrolysis) is 1. The lowest BCUT2D eigenvalue weighted by Gasteiger charge is -2.61. The molecule has 0 aromatic carbocycles. The number of anilines is 1. The van der Waals surface area contributed by atoms with Crippen LogP contribution in [0.3, 0.4) is 0 Å². The fraction of sp³-hybridized carbons (Fsp3) is 0.600. The summed E-state index contributed by atoms with van der Waals surface area (Å²) in [6.45, 7) is -1.83. The van der Waals surface area contributed by atoms with Gasteiger partial charge in [0, 0.05) is 24.7 Å². The number of hydrogen-bond donors (Lipinski definition) is 3. The van der Waals surface area contributed by atoms with Gasteiger partial charge >= 0.3 is 12.3 Å². The second-order valence-electron chi connectivity index (χ2n) is 9.08. The first-order valence-corrected chi connectivity index (χ1v) is 10.8. The largest absolute Gasteiger partial charge is 0.467 e. The Kier molecular flexibility index (Phi) is 5.61. The van der Waals surface area contributed by atoms with Crippen molar-refractivity contribution in [1.29, 1.82) is 0 Å². The molecule has 3 saturated carbocycles. The molecular weight excluding hydrogens is 480 g/mol. The van der Waals surface area contributed by atoms with Crippen molar-refractivity contribution in [3.8, 4) is 5.88 Å². The summed E-state index contributed by atoms with van der Waals surface area (Å²) in [5.74, 6) is -0.410. The van der Waals surface area contributed by atoms with E-state index in [1.165, 1.54) is 13.1 Å². The number of aryl methyl sites for hydroxylation is 1. The Morgan fingerprint density at radius 2 is 2.06 bits per heavy atom. The molecule has 2 amide bonds. The second-order valence-corrected chi connectivity index (χ2v) is 9.08. The van der Waals surface area contributed by atoms with Crippen LogP contribution < -0.4 is 15.4 Å². The Morgan fingerprint density at radius 1 is 1.31 bits per heavy atom. The maximum atomic E-state index is 14.4. The van der Waals surface area contributed by atoms with Gasteiger partial charge in [0.15, 0.2) is 24.7 Å². The van der Waals surface area contributed by atoms with Gasteiger partial charge in [0.1, 0.15) is 11.8 Å². The maximum absolute atomic E-state index is 14.4. The van der Waals surface area contributed by atoms with Gasteiger partial charge in [-0.05, 0) is 25.2 Å². The van der Waals surface area contributed by atoms with E-state index in [9.17, 15) is 27.2 Å². The van der Waals surface area contributed by atoms with E-state index < -0.39 is 43.2 Å². The van der Waals surface area contributed by atoms with Gasteiger partial charge < -0.3 is 24.8 Å². The molecule has 3 aliphatic carbocycles. The number of nitrogens with one attached hydrogen (secondary N) is 3. The molecule has 3 heterocycles. The third-order valence-corrected chi connectivity index (χ3v) is 6.36. The molecule has 190 valence electrons. The minimum Gasteiger partial charge on any atom is -0.467 e. The number of ether oxygens (including phenoxy) is 3. The topological polar surface area (TPSA) is 132 Å². The number of alkyl halides is 4. The van der Waals surface area contributed by atoms with Crippen molar-refractivity contribution < 1.29 is 41.4 Å². The number of aromatic nitrogens is 4. The normalized spacial score (nSPS) is 29.2. The molecule has 1 aliphatic heterocycles. The highest BCUT2D eigenvalue weighted by Crippen LogP contribution is 2.57. The monoisotopic (exact) mass is 502 g/mol. The summed E-state index contributed by atoms with van der Waals surface area (Å²) in [7, 11) is 1.36. The Hall–Kier alpha value is -3.36. The van der Waals surface area contributed by atoms with Crippen molar-refractivity contribution in [2.75, 3.05) is 18.5 Å². The Balaban J connectivity index is 1.20. The van der Waals surface area contributed by atoms with E-state index in [-0.39, 0.29) is 35.2 Å². The molecule has 35 heavy (non-hydrogen) atoms. The molecule has 0 spiro atoms. The lowest BCUT2D eigenvalue weighted by molar-refractivity contribution is -0.154. The van der Waals surface area contributed by atoms with Crippen molar-refractivity contribution in [3.05, 3.63) is 23.5 Å². The molecule has 3 unspecified atom stereocenters. The van der Waals surface area contributed by atoms with Gasteiger partial charge in [0.2, 0.25) is 5.88 Å². The third-order valence-electron chi connectivity index (χ3n) is 6.36. The van der Waals surface area contributed by atoms with Crippen molar-refractivity contribution in [1.82, 2.24) is 25.3 Å². The SMILES string of the molecule is Cn1nc(OCC(F)(F)F)cc1C(=O)Nc1cc(C2OCC(F)C2OC(=O)NC23CC(C2)C3)[nH]n1. The number of rotatable bonds is 7. The summed E-state index contributed by atoms with van der Waals surface area (Å²) in [5, 5.41) is 15.5. The van der Waals surface area contributed by atoms with Crippen LogP contribution in [0.25, 0.3) is 0 Å². The molecule has 0 radical (unpaired) electrons. The van der Waals surface area contributed by atoms with Gasteiger partial charge in [-0.15, -0.1) is 5.10 Å². The maximum Gasteiger partial charge on any atom is 0.422 e. The van der Waals surface area contributed by atoms with Crippen LogP contribution in [-0.4, -0.2) is 69.2 Å². The highest BCUT2D eigenvalue weighted by molar-refractivity contribution is 6.02. The first-order valence-electron chi connectivity index (χ1n) is 10.8. The van der Waals surface area contributed by atoms with Crippen LogP contribution in [0, 0.1) is 5.92 Å². The summed E-state index contributed by atoms with van der Waals surface area (Å²) in [4.78, 5) is 24.8. The molecule has 15 heteroatoms. The molecule has 1 saturated heterocycles. The second kappa shape index (κ2) is 8.39. The summed E-state index contributed by atoms with van der Waals surface area (Å²) in [5.41, 5.74) is -0.0423. The van der Waals surface area contributed by atoms with E-state index in [0.29, 0.717) is 5.92 Å². The number of carbonyl (C=O) groups excluding carboxylic acids is 2. The fourth-order valence-electron chi connectivity index (χ4n) is 4.58. The van der Waals surface area contributed by atoms with Crippen LogP contribution in [0.1, 0.15) is 41.5 Å². The van der Waals surface area contributed by atoms with Crippen LogP contribution in [0.4, 0.5) is 28.2 Å². The lowest BCUT2D eigenvalue weighted by Crippen LogP contribution is -2.68. The Labute approximate surface area is 195 Å². The molecule has 2 bridgehead atoms. The van der Waals surface area contributed by atoms with E-state index in [4.69, 9.17) is 9.47 Å². The van der Waals surface area contributed by atoms with Crippen LogP contribution in [0.5, 0.6) is 5.88 Å². The van der Waals surface area contributed by atoms with Crippen molar-refractivity contribution in [2.24, 2.45) is 13.0 Å². The molecule has 2 aromatic heterocycles. The van der Waals surface area contributed by atoms with Crippen LogP contribution >= 0.6 is 0 Å². The summed E-state index contributed by atoms with van der Waals surface area (Å²) >= 11 is 0. The zero-order valence-electron chi connectivity index (χ0n) is 18.4. The van der Waals surface area contributed by atoms with Crippen molar-refractivity contribution in [3.63, 3.8) is 0 Å². The molecule has 3 atom stereocenters. The highest BCUT2D eigenvalue weighted by atomic mass is 19.4. The minimum absolute atomic E-state index is 0.0342. The van der Waals surface area contributed by atoms with E-state index in [1.54, 1.807) is 0 Å². The summed E-state index contributed by atoms with van der Waals surface area (Å²) < 4.78 is 67.7. The number of hydrogen-bond acceptors (Lipinski definition) is 7. The summed E-state index contributed by atoms with van der Waals surface area (Å²) in [6.07, 6.45) is -6.28.